The minimum Gasteiger partial charge on any atom is -0.396 e. The molecule has 98 valence electrons. The van der Waals surface area contributed by atoms with E-state index in [1.807, 2.05) is 0 Å². The van der Waals surface area contributed by atoms with Crippen LogP contribution in [0, 0.1) is 15.5 Å². The zero-order valence-corrected chi connectivity index (χ0v) is 10.3. The van der Waals surface area contributed by atoms with Gasteiger partial charge in [0.1, 0.15) is 5.69 Å². The first-order valence-electron chi connectivity index (χ1n) is 5.43. The number of anilines is 1. The van der Waals surface area contributed by atoms with Gasteiger partial charge in [0.25, 0.3) is 5.69 Å². The molecule has 0 spiro atoms. The molecule has 1 fully saturated rings. The molecule has 1 heterocycles. The van der Waals surface area contributed by atoms with Crippen molar-refractivity contribution in [1.29, 1.82) is 0 Å². The number of benzene rings is 1. The van der Waals surface area contributed by atoms with E-state index >= 15 is 0 Å². The fourth-order valence-electron chi connectivity index (χ4n) is 1.73. The van der Waals surface area contributed by atoms with Crippen LogP contribution in [0.1, 0.15) is 0 Å². The lowest BCUT2D eigenvalue weighted by Gasteiger charge is -2.40. The Morgan fingerprint density at radius 3 is 2.78 bits per heavy atom. The van der Waals surface area contributed by atoms with E-state index in [2.05, 4.69) is 5.32 Å². The maximum Gasteiger partial charge on any atom is 0.293 e. The number of nitrogens with one attached hydrogen (secondary N) is 1. The molecule has 18 heavy (non-hydrogen) atoms. The highest BCUT2D eigenvalue weighted by Gasteiger charge is 2.38. The quantitative estimate of drug-likeness (QED) is 0.629. The number of ether oxygens (including phenoxy) is 1. The van der Waals surface area contributed by atoms with Crippen LogP contribution in [0.15, 0.2) is 18.2 Å². The lowest BCUT2D eigenvalue weighted by molar-refractivity contribution is -0.384. The molecule has 7 heteroatoms. The van der Waals surface area contributed by atoms with Crippen molar-refractivity contribution in [3.05, 3.63) is 33.3 Å². The van der Waals surface area contributed by atoms with Crippen LogP contribution in [-0.2, 0) is 4.74 Å². The Morgan fingerprint density at radius 2 is 2.28 bits per heavy atom. The Kier molecular flexibility index (Phi) is 3.70. The van der Waals surface area contributed by atoms with Crippen molar-refractivity contribution in [2.75, 3.05) is 31.7 Å². The van der Waals surface area contributed by atoms with Crippen LogP contribution >= 0.6 is 11.6 Å². The molecule has 1 aromatic rings. The molecule has 1 aliphatic heterocycles. The molecule has 0 unspecified atom stereocenters. The number of halogens is 1. The van der Waals surface area contributed by atoms with Crippen LogP contribution in [0.5, 0.6) is 0 Å². The predicted molar refractivity (Wildman–Crippen MR) is 66.9 cm³/mol. The number of nitrogens with zero attached hydrogens (tertiary/aromatic N) is 1. The van der Waals surface area contributed by atoms with Gasteiger partial charge in [-0.05, 0) is 12.1 Å². The summed E-state index contributed by atoms with van der Waals surface area (Å²) >= 11 is 5.72. The number of nitro groups is 1. The van der Waals surface area contributed by atoms with Crippen molar-refractivity contribution in [1.82, 2.24) is 0 Å². The Morgan fingerprint density at radius 1 is 1.56 bits per heavy atom. The highest BCUT2D eigenvalue weighted by atomic mass is 35.5. The third-order valence-electron chi connectivity index (χ3n) is 2.96. The van der Waals surface area contributed by atoms with E-state index in [0.29, 0.717) is 30.5 Å². The molecule has 0 amide bonds. The summed E-state index contributed by atoms with van der Waals surface area (Å²) in [5, 5.41) is 23.4. The molecule has 0 radical (unpaired) electrons. The van der Waals surface area contributed by atoms with Gasteiger partial charge in [-0.1, -0.05) is 11.6 Å². The van der Waals surface area contributed by atoms with E-state index in [4.69, 9.17) is 16.3 Å². The third-order valence-corrected chi connectivity index (χ3v) is 3.20. The lowest BCUT2D eigenvalue weighted by Crippen LogP contribution is -2.50. The van der Waals surface area contributed by atoms with Crippen molar-refractivity contribution in [2.45, 2.75) is 0 Å². The van der Waals surface area contributed by atoms with Gasteiger partial charge in [0.05, 0.1) is 30.2 Å². The molecule has 0 bridgehead atoms. The Bertz CT molecular complexity index is 457. The van der Waals surface area contributed by atoms with Crippen LogP contribution in [0.4, 0.5) is 11.4 Å². The summed E-state index contributed by atoms with van der Waals surface area (Å²) in [6, 6.07) is 4.44. The topological polar surface area (TPSA) is 84.6 Å². The average Bonchev–Trinajstić information content (AvgIpc) is 2.29. The van der Waals surface area contributed by atoms with Crippen molar-refractivity contribution >= 4 is 23.0 Å². The summed E-state index contributed by atoms with van der Waals surface area (Å²) in [5.74, 6) is 0. The van der Waals surface area contributed by atoms with E-state index in [1.54, 1.807) is 12.1 Å². The second-order valence-electron chi connectivity index (χ2n) is 4.42. The summed E-state index contributed by atoms with van der Waals surface area (Å²) in [7, 11) is 0. The van der Waals surface area contributed by atoms with E-state index < -0.39 is 4.92 Å². The molecule has 0 atom stereocenters. The monoisotopic (exact) mass is 272 g/mol. The molecule has 0 saturated carbocycles. The minimum absolute atomic E-state index is 0.0125. The van der Waals surface area contributed by atoms with Gasteiger partial charge < -0.3 is 15.2 Å². The highest BCUT2D eigenvalue weighted by Crippen LogP contribution is 2.31. The van der Waals surface area contributed by atoms with Gasteiger partial charge in [0.15, 0.2) is 0 Å². The van der Waals surface area contributed by atoms with Crippen molar-refractivity contribution < 1.29 is 14.8 Å². The van der Waals surface area contributed by atoms with E-state index in [-0.39, 0.29) is 17.7 Å². The van der Waals surface area contributed by atoms with Crippen LogP contribution in [0.2, 0.25) is 5.02 Å². The number of aliphatic hydroxyl groups excluding tert-OH is 1. The molecule has 0 aliphatic carbocycles. The molecular weight excluding hydrogens is 260 g/mol. The number of aliphatic hydroxyl groups is 1. The molecule has 1 aliphatic rings. The average molecular weight is 273 g/mol. The molecular formula is C11H13ClN2O4. The fraction of sp³-hybridized carbons (Fsp3) is 0.455. The van der Waals surface area contributed by atoms with Crippen LogP contribution in [-0.4, -0.2) is 36.4 Å². The first-order chi connectivity index (χ1) is 8.56. The summed E-state index contributed by atoms with van der Waals surface area (Å²) < 4.78 is 5.06. The first kappa shape index (κ1) is 13.1. The Balaban J connectivity index is 2.11. The standard InChI is InChI=1S/C11H13ClN2O4/c12-8-1-2-9(10(3-8)14(16)17)13-4-11(5-15)6-18-7-11/h1-3,13,15H,4-7H2. The molecule has 2 N–H and O–H groups in total. The van der Waals surface area contributed by atoms with Gasteiger partial charge in [-0.2, -0.15) is 0 Å². The number of nitro benzene ring substituents is 1. The highest BCUT2D eigenvalue weighted by molar-refractivity contribution is 6.30. The smallest absolute Gasteiger partial charge is 0.293 e. The number of hydrogen-bond acceptors (Lipinski definition) is 5. The van der Waals surface area contributed by atoms with Crippen LogP contribution < -0.4 is 5.32 Å². The van der Waals surface area contributed by atoms with Crippen molar-refractivity contribution in [2.24, 2.45) is 5.41 Å². The van der Waals surface area contributed by atoms with E-state index in [9.17, 15) is 15.2 Å². The van der Waals surface area contributed by atoms with Gasteiger partial charge >= 0.3 is 0 Å². The maximum absolute atomic E-state index is 10.9. The number of rotatable bonds is 5. The molecule has 1 saturated heterocycles. The third kappa shape index (κ3) is 2.55. The summed E-state index contributed by atoms with van der Waals surface area (Å²) in [6.45, 7) is 1.32. The van der Waals surface area contributed by atoms with E-state index in [0.717, 1.165) is 0 Å². The van der Waals surface area contributed by atoms with Gasteiger partial charge in [-0.3, -0.25) is 10.1 Å². The first-order valence-corrected chi connectivity index (χ1v) is 5.81. The Hall–Kier alpha value is -1.37. The lowest BCUT2D eigenvalue weighted by atomic mass is 9.87. The summed E-state index contributed by atoms with van der Waals surface area (Å²) in [5.41, 5.74) is -0.0204. The largest absolute Gasteiger partial charge is 0.396 e. The van der Waals surface area contributed by atoms with Gasteiger partial charge in [0, 0.05) is 17.6 Å². The second-order valence-corrected chi connectivity index (χ2v) is 4.86. The van der Waals surface area contributed by atoms with Gasteiger partial charge in [-0.15, -0.1) is 0 Å². The van der Waals surface area contributed by atoms with Crippen LogP contribution in [0.25, 0.3) is 0 Å². The van der Waals surface area contributed by atoms with Crippen LogP contribution in [0.3, 0.4) is 0 Å². The SMILES string of the molecule is O=[N+]([O-])c1cc(Cl)ccc1NCC1(CO)COC1. The molecule has 0 aromatic heterocycles. The van der Waals surface area contributed by atoms with Gasteiger partial charge in [0.2, 0.25) is 0 Å². The fourth-order valence-corrected chi connectivity index (χ4v) is 1.89. The summed E-state index contributed by atoms with van der Waals surface area (Å²) in [6.07, 6.45) is 0. The maximum atomic E-state index is 10.9. The second kappa shape index (κ2) is 5.09. The summed E-state index contributed by atoms with van der Waals surface area (Å²) in [4.78, 5) is 10.4. The molecule has 1 aromatic carbocycles. The zero-order chi connectivity index (χ0) is 13.2. The van der Waals surface area contributed by atoms with Gasteiger partial charge in [-0.25, -0.2) is 0 Å². The molecule has 6 nitrogen and oxygen atoms in total. The molecule has 2 rings (SSSR count). The normalized spacial score (nSPS) is 17.0. The minimum atomic E-state index is -0.489. The van der Waals surface area contributed by atoms with Crippen molar-refractivity contribution in [3.63, 3.8) is 0 Å². The predicted octanol–water partition coefficient (Wildman–Crippen LogP) is 1.67. The van der Waals surface area contributed by atoms with Crippen molar-refractivity contribution in [3.8, 4) is 0 Å². The van der Waals surface area contributed by atoms with E-state index in [1.165, 1.54) is 6.07 Å². The zero-order valence-electron chi connectivity index (χ0n) is 9.56. The number of hydrogen-bond donors (Lipinski definition) is 2. The Labute approximate surface area is 109 Å².